The van der Waals surface area contributed by atoms with Crippen molar-refractivity contribution >= 4 is 68.1 Å². The first kappa shape index (κ1) is 15.9. The van der Waals surface area contributed by atoms with Gasteiger partial charge in [0, 0.05) is 19.5 Å². The zero-order valence-corrected chi connectivity index (χ0v) is 6.41. The van der Waals surface area contributed by atoms with Gasteiger partial charge in [-0.3, -0.25) is 0 Å². The van der Waals surface area contributed by atoms with Gasteiger partial charge in [0.1, 0.15) is 7.57 Å². The molecule has 1 atom stereocenters. The van der Waals surface area contributed by atoms with E-state index >= 15 is 0 Å². The summed E-state index contributed by atoms with van der Waals surface area (Å²) in [7, 11) is 4.33. The van der Waals surface area contributed by atoms with Crippen LogP contribution in [-0.2, 0) is 19.5 Å². The Morgan fingerprint density at radius 1 is 1.25 bits per heavy atom. The molecule has 0 aliphatic carbocycles. The predicted molar refractivity (Wildman–Crippen MR) is 25.4 cm³/mol. The summed E-state index contributed by atoms with van der Waals surface area (Å²) >= 11 is 0. The molecule has 0 nitrogen and oxygen atoms in total. The van der Waals surface area contributed by atoms with Crippen molar-refractivity contribution in [1.82, 2.24) is 0 Å². The fourth-order valence-electron chi connectivity index (χ4n) is 0. The molecule has 0 aromatic rings. The SMILES string of the molecule is BP.[KH].[Zn]. The second-order valence-electron chi connectivity index (χ2n) is 0. The molecule has 4 heteroatoms. The molecule has 0 aromatic carbocycles. The zero-order chi connectivity index (χ0) is 2.00. The van der Waals surface area contributed by atoms with Crippen LogP contribution in [0.3, 0.4) is 0 Å². The van der Waals surface area contributed by atoms with E-state index in [9.17, 15) is 0 Å². The van der Waals surface area contributed by atoms with E-state index in [1.54, 1.807) is 0 Å². The van der Waals surface area contributed by atoms with Crippen molar-refractivity contribution in [2.75, 3.05) is 0 Å². The van der Waals surface area contributed by atoms with Crippen molar-refractivity contribution in [2.45, 2.75) is 0 Å². The zero-order valence-electron chi connectivity index (χ0n) is 2.28. The molecule has 16 valence electrons. The van der Waals surface area contributed by atoms with Crippen LogP contribution < -0.4 is 0 Å². The van der Waals surface area contributed by atoms with Gasteiger partial charge in [-0.05, 0) is 0 Å². The fourth-order valence-corrected chi connectivity index (χ4v) is 0. The van der Waals surface area contributed by atoms with Crippen LogP contribution in [0.1, 0.15) is 0 Å². The van der Waals surface area contributed by atoms with Gasteiger partial charge in [0.05, 0.1) is 0 Å². The Balaban J connectivity index is -0.00000000500. The summed E-state index contributed by atoms with van der Waals surface area (Å²) in [5.74, 6) is 0. The fraction of sp³-hybridized carbons (Fsp3) is 0. The van der Waals surface area contributed by atoms with E-state index in [0.717, 1.165) is 0 Å². The molecular formula is H5BKPZn. The van der Waals surface area contributed by atoms with Gasteiger partial charge >= 0.3 is 51.4 Å². The Bertz CT molecular complexity index is 8.00. The molecule has 0 aliphatic rings. The maximum atomic E-state index is 2.42. The average Bonchev–Trinajstić information content (AvgIpc) is 1.00. The summed E-state index contributed by atoms with van der Waals surface area (Å²) < 4.78 is 0. The Morgan fingerprint density at radius 2 is 1.25 bits per heavy atom. The van der Waals surface area contributed by atoms with Crippen molar-refractivity contribution in [2.24, 2.45) is 0 Å². The van der Waals surface area contributed by atoms with E-state index in [-0.39, 0.29) is 70.9 Å². The van der Waals surface area contributed by atoms with Crippen molar-refractivity contribution in [3.8, 4) is 0 Å². The molecule has 0 fully saturated rings. The molecule has 1 unspecified atom stereocenters. The molecule has 0 amide bonds. The average molecular weight is 151 g/mol. The van der Waals surface area contributed by atoms with Crippen LogP contribution in [0, 0.1) is 0 Å². The molecule has 0 bridgehead atoms. The van der Waals surface area contributed by atoms with E-state index in [1.165, 1.54) is 0 Å². The molecule has 0 spiro atoms. The third-order valence-corrected chi connectivity index (χ3v) is 0. The summed E-state index contributed by atoms with van der Waals surface area (Å²) in [5.41, 5.74) is 0. The standard InChI is InChI=1S/BH4P.K.Zn.H/c1-2;;;/h1-2H2;;;. The first-order chi connectivity index (χ1) is 1.00. The van der Waals surface area contributed by atoms with Crippen molar-refractivity contribution in [3.05, 3.63) is 0 Å². The molecule has 0 N–H and O–H groups in total. The van der Waals surface area contributed by atoms with Gasteiger partial charge in [0.15, 0.2) is 0 Å². The van der Waals surface area contributed by atoms with Gasteiger partial charge in [0.2, 0.25) is 0 Å². The summed E-state index contributed by atoms with van der Waals surface area (Å²) in [6.45, 7) is 0. The van der Waals surface area contributed by atoms with Crippen LogP contribution in [0.2, 0.25) is 0 Å². The quantitative estimate of drug-likeness (QED) is 0.300. The van der Waals surface area contributed by atoms with Gasteiger partial charge in [0.25, 0.3) is 0 Å². The Labute approximate surface area is 85.6 Å². The van der Waals surface area contributed by atoms with E-state index < -0.39 is 0 Å². The molecule has 0 rings (SSSR count). The van der Waals surface area contributed by atoms with Crippen LogP contribution in [0.25, 0.3) is 0 Å². The third-order valence-electron chi connectivity index (χ3n) is 0. The molecular weight excluding hydrogens is 146 g/mol. The maximum Gasteiger partial charge on any atom is 0 e. The van der Waals surface area contributed by atoms with E-state index in [1.807, 2.05) is 7.57 Å². The van der Waals surface area contributed by atoms with E-state index in [2.05, 4.69) is 9.12 Å². The van der Waals surface area contributed by atoms with Crippen LogP contribution in [0.15, 0.2) is 0 Å². The Kier molecular flexibility index (Phi) is 68.0. The van der Waals surface area contributed by atoms with Gasteiger partial charge in [-0.2, -0.15) is 9.12 Å². The second kappa shape index (κ2) is 17.1. The Morgan fingerprint density at radius 3 is 1.25 bits per heavy atom. The Hall–Kier alpha value is 2.75. The molecule has 0 saturated carbocycles. The molecule has 0 aromatic heterocycles. The third kappa shape index (κ3) is 8.83. The monoisotopic (exact) mass is 150 g/mol. The summed E-state index contributed by atoms with van der Waals surface area (Å²) in [6, 6.07) is 0. The minimum atomic E-state index is 0. The summed E-state index contributed by atoms with van der Waals surface area (Å²) in [6.07, 6.45) is 0. The summed E-state index contributed by atoms with van der Waals surface area (Å²) in [5, 5.41) is 0. The van der Waals surface area contributed by atoms with Crippen molar-refractivity contribution in [1.29, 1.82) is 0 Å². The smallest absolute Gasteiger partial charge is 0 e. The topological polar surface area (TPSA) is 0 Å². The molecule has 0 heterocycles. The van der Waals surface area contributed by atoms with Gasteiger partial charge in [-0.1, -0.05) is 0 Å². The van der Waals surface area contributed by atoms with Gasteiger partial charge < -0.3 is 0 Å². The number of hydrogen-bond donors (Lipinski definition) is 0. The minimum Gasteiger partial charge on any atom is 0 e. The largest absolute Gasteiger partial charge is 0 e. The van der Waals surface area contributed by atoms with Crippen LogP contribution in [0.5, 0.6) is 0 Å². The first-order valence-electron chi connectivity index (χ1n) is 0.577. The van der Waals surface area contributed by atoms with Gasteiger partial charge in [-0.15, -0.1) is 0 Å². The summed E-state index contributed by atoms with van der Waals surface area (Å²) in [4.78, 5) is 0. The number of rotatable bonds is 0. The van der Waals surface area contributed by atoms with E-state index in [4.69, 9.17) is 0 Å². The molecule has 0 saturated heterocycles. The number of hydrogen-bond acceptors (Lipinski definition) is 0. The normalized spacial score (nSPS) is 1.25. The van der Waals surface area contributed by atoms with Crippen molar-refractivity contribution < 1.29 is 19.5 Å². The van der Waals surface area contributed by atoms with Crippen LogP contribution >= 0.6 is 9.12 Å². The first-order valence-corrected chi connectivity index (χ1v) is 1.73. The minimum absolute atomic E-state index is 0. The van der Waals surface area contributed by atoms with Gasteiger partial charge in [-0.25, -0.2) is 0 Å². The second-order valence-corrected chi connectivity index (χ2v) is 0. The van der Waals surface area contributed by atoms with Crippen LogP contribution in [-0.4, -0.2) is 59.0 Å². The predicted octanol–water partition coefficient (Wildman–Crippen LogP) is -1.24. The van der Waals surface area contributed by atoms with Crippen LogP contribution in [0.4, 0.5) is 0 Å². The molecule has 0 aliphatic heterocycles. The van der Waals surface area contributed by atoms with E-state index in [0.29, 0.717) is 0 Å². The maximum absolute atomic E-state index is 2.42. The molecule has 0 radical (unpaired) electrons. The molecule has 4 heavy (non-hydrogen) atoms. The van der Waals surface area contributed by atoms with Crippen molar-refractivity contribution in [3.63, 3.8) is 0 Å².